The zero-order valence-corrected chi connectivity index (χ0v) is 11.8. The molecule has 106 valence electrons. The molecule has 1 N–H and O–H groups in total. The predicted octanol–water partition coefficient (Wildman–Crippen LogP) is 2.55. The molecule has 20 heavy (non-hydrogen) atoms. The highest BCUT2D eigenvalue weighted by Gasteiger charge is 2.19. The lowest BCUT2D eigenvalue weighted by atomic mass is 9.87. The van der Waals surface area contributed by atoms with Gasteiger partial charge in [0.1, 0.15) is 23.7 Å². The van der Waals surface area contributed by atoms with E-state index in [0.717, 1.165) is 23.6 Å². The Hall–Kier alpha value is -1.88. The van der Waals surface area contributed by atoms with E-state index in [2.05, 4.69) is 32.4 Å². The van der Waals surface area contributed by atoms with Crippen LogP contribution in [0.1, 0.15) is 41.4 Å². The van der Waals surface area contributed by atoms with Gasteiger partial charge in [-0.05, 0) is 56.5 Å². The fourth-order valence-electron chi connectivity index (χ4n) is 2.70. The van der Waals surface area contributed by atoms with E-state index in [1.54, 1.807) is 0 Å². The molecule has 0 saturated heterocycles. The SMILES string of the molecule is CNC1CCCc2ccc(OCc3nonc3C)cc21. The van der Waals surface area contributed by atoms with Gasteiger partial charge in [0.2, 0.25) is 0 Å². The minimum Gasteiger partial charge on any atom is -0.487 e. The molecule has 1 unspecified atom stereocenters. The van der Waals surface area contributed by atoms with E-state index in [1.165, 1.54) is 24.0 Å². The van der Waals surface area contributed by atoms with Gasteiger partial charge < -0.3 is 10.1 Å². The zero-order chi connectivity index (χ0) is 13.9. The van der Waals surface area contributed by atoms with Crippen LogP contribution in [0, 0.1) is 6.92 Å². The molecule has 1 atom stereocenters. The molecule has 3 rings (SSSR count). The summed E-state index contributed by atoms with van der Waals surface area (Å²) in [4.78, 5) is 0. The molecular weight excluding hydrogens is 254 g/mol. The molecule has 5 nitrogen and oxygen atoms in total. The van der Waals surface area contributed by atoms with Crippen LogP contribution in [0.25, 0.3) is 0 Å². The maximum atomic E-state index is 5.80. The zero-order valence-electron chi connectivity index (χ0n) is 11.8. The molecule has 0 saturated carbocycles. The first kappa shape index (κ1) is 13.1. The number of aromatic nitrogens is 2. The summed E-state index contributed by atoms with van der Waals surface area (Å²) >= 11 is 0. The van der Waals surface area contributed by atoms with E-state index in [1.807, 2.05) is 20.0 Å². The highest BCUT2D eigenvalue weighted by atomic mass is 16.6. The second-order valence-electron chi connectivity index (χ2n) is 5.18. The quantitative estimate of drug-likeness (QED) is 0.927. The topological polar surface area (TPSA) is 60.2 Å². The Kier molecular flexibility index (Phi) is 3.69. The molecule has 0 bridgehead atoms. The van der Waals surface area contributed by atoms with Crippen LogP contribution in [-0.2, 0) is 13.0 Å². The standard InChI is InChI=1S/C15H19N3O2/c1-10-15(18-20-17-10)9-19-12-7-6-11-4-3-5-14(16-2)13(11)8-12/h6-8,14,16H,3-5,9H2,1-2H3. The van der Waals surface area contributed by atoms with Crippen molar-refractivity contribution in [3.05, 3.63) is 40.7 Å². The number of fused-ring (bicyclic) bond motifs is 1. The van der Waals surface area contributed by atoms with E-state index in [9.17, 15) is 0 Å². The largest absolute Gasteiger partial charge is 0.487 e. The second kappa shape index (κ2) is 5.63. The monoisotopic (exact) mass is 273 g/mol. The van der Waals surface area contributed by atoms with Crippen LogP contribution in [0.2, 0.25) is 0 Å². The number of nitrogens with one attached hydrogen (secondary N) is 1. The normalized spacial score (nSPS) is 17.8. The maximum absolute atomic E-state index is 5.80. The van der Waals surface area contributed by atoms with Gasteiger partial charge in [-0.3, -0.25) is 0 Å². The molecule has 1 heterocycles. The predicted molar refractivity (Wildman–Crippen MR) is 74.5 cm³/mol. The summed E-state index contributed by atoms with van der Waals surface area (Å²) in [6, 6.07) is 6.76. The molecular formula is C15H19N3O2. The summed E-state index contributed by atoms with van der Waals surface area (Å²) in [7, 11) is 2.01. The van der Waals surface area contributed by atoms with Gasteiger partial charge in [-0.1, -0.05) is 16.4 Å². The molecule has 5 heteroatoms. The Bertz CT molecular complexity index is 595. The summed E-state index contributed by atoms with van der Waals surface area (Å²) in [5.41, 5.74) is 4.29. The van der Waals surface area contributed by atoms with Crippen molar-refractivity contribution >= 4 is 0 Å². The van der Waals surface area contributed by atoms with Crippen molar-refractivity contribution in [1.82, 2.24) is 15.6 Å². The Balaban J connectivity index is 1.76. The lowest BCUT2D eigenvalue weighted by Crippen LogP contribution is -2.21. The van der Waals surface area contributed by atoms with Gasteiger partial charge in [0.15, 0.2) is 0 Å². The van der Waals surface area contributed by atoms with Gasteiger partial charge >= 0.3 is 0 Å². The van der Waals surface area contributed by atoms with Gasteiger partial charge in [-0.2, -0.15) is 0 Å². The lowest BCUT2D eigenvalue weighted by Gasteiger charge is -2.25. The maximum Gasteiger partial charge on any atom is 0.145 e. The van der Waals surface area contributed by atoms with Crippen LogP contribution in [0.4, 0.5) is 0 Å². The molecule has 1 aromatic carbocycles. The first-order valence-electron chi connectivity index (χ1n) is 6.99. The van der Waals surface area contributed by atoms with Crippen molar-refractivity contribution in [2.45, 2.75) is 38.8 Å². The van der Waals surface area contributed by atoms with Crippen LogP contribution < -0.4 is 10.1 Å². The summed E-state index contributed by atoms with van der Waals surface area (Å²) in [6.07, 6.45) is 3.57. The van der Waals surface area contributed by atoms with Crippen molar-refractivity contribution in [2.24, 2.45) is 0 Å². The third-order valence-corrected chi connectivity index (χ3v) is 3.90. The Morgan fingerprint density at radius 1 is 1.40 bits per heavy atom. The van der Waals surface area contributed by atoms with Gasteiger partial charge in [0.05, 0.1) is 0 Å². The first-order chi connectivity index (χ1) is 9.78. The smallest absolute Gasteiger partial charge is 0.145 e. The van der Waals surface area contributed by atoms with E-state index in [4.69, 9.17) is 4.74 Å². The summed E-state index contributed by atoms with van der Waals surface area (Å²) in [5, 5.41) is 10.9. The molecule has 0 aliphatic heterocycles. The van der Waals surface area contributed by atoms with Gasteiger partial charge in [0, 0.05) is 6.04 Å². The average molecular weight is 273 g/mol. The molecule has 0 amide bonds. The van der Waals surface area contributed by atoms with Crippen LogP contribution in [0.5, 0.6) is 5.75 Å². The Labute approximate surface area is 118 Å². The van der Waals surface area contributed by atoms with E-state index < -0.39 is 0 Å². The molecule has 1 aliphatic carbocycles. The summed E-state index contributed by atoms with van der Waals surface area (Å²) in [6.45, 7) is 2.25. The molecule has 2 aromatic rings. The number of aryl methyl sites for hydroxylation is 2. The minimum absolute atomic E-state index is 0.387. The van der Waals surface area contributed by atoms with E-state index in [-0.39, 0.29) is 0 Å². The van der Waals surface area contributed by atoms with E-state index in [0.29, 0.717) is 12.6 Å². The Morgan fingerprint density at radius 3 is 3.05 bits per heavy atom. The van der Waals surface area contributed by atoms with Crippen LogP contribution in [0.15, 0.2) is 22.8 Å². The highest BCUT2D eigenvalue weighted by molar-refractivity contribution is 5.39. The van der Waals surface area contributed by atoms with Crippen molar-refractivity contribution in [1.29, 1.82) is 0 Å². The van der Waals surface area contributed by atoms with Crippen molar-refractivity contribution in [3.63, 3.8) is 0 Å². The number of hydrogen-bond acceptors (Lipinski definition) is 5. The minimum atomic E-state index is 0.387. The molecule has 1 aromatic heterocycles. The third kappa shape index (κ3) is 2.54. The van der Waals surface area contributed by atoms with Gasteiger partial charge in [-0.15, -0.1) is 0 Å². The van der Waals surface area contributed by atoms with Crippen molar-refractivity contribution < 1.29 is 9.37 Å². The first-order valence-corrected chi connectivity index (χ1v) is 6.99. The van der Waals surface area contributed by atoms with Crippen molar-refractivity contribution in [2.75, 3.05) is 7.05 Å². The average Bonchev–Trinajstić information content (AvgIpc) is 2.89. The number of ether oxygens (including phenoxy) is 1. The van der Waals surface area contributed by atoms with Crippen LogP contribution >= 0.6 is 0 Å². The molecule has 1 aliphatic rings. The number of hydrogen-bond donors (Lipinski definition) is 1. The molecule has 0 radical (unpaired) electrons. The lowest BCUT2D eigenvalue weighted by molar-refractivity contribution is 0.269. The Morgan fingerprint density at radius 2 is 2.30 bits per heavy atom. The number of nitrogens with zero attached hydrogens (tertiary/aromatic N) is 2. The fourth-order valence-corrected chi connectivity index (χ4v) is 2.70. The number of rotatable bonds is 4. The fraction of sp³-hybridized carbons (Fsp3) is 0.467. The number of benzene rings is 1. The van der Waals surface area contributed by atoms with E-state index >= 15 is 0 Å². The van der Waals surface area contributed by atoms with Gasteiger partial charge in [-0.25, -0.2) is 4.63 Å². The summed E-state index contributed by atoms with van der Waals surface area (Å²) < 4.78 is 10.5. The highest BCUT2D eigenvalue weighted by Crippen LogP contribution is 2.32. The van der Waals surface area contributed by atoms with Crippen molar-refractivity contribution in [3.8, 4) is 5.75 Å². The second-order valence-corrected chi connectivity index (χ2v) is 5.18. The van der Waals surface area contributed by atoms with Gasteiger partial charge in [0.25, 0.3) is 0 Å². The third-order valence-electron chi connectivity index (χ3n) is 3.90. The summed E-state index contributed by atoms with van der Waals surface area (Å²) in [5.74, 6) is 0.869. The molecule has 0 fully saturated rings. The van der Waals surface area contributed by atoms with Crippen LogP contribution in [0.3, 0.4) is 0 Å². The molecule has 0 spiro atoms. The van der Waals surface area contributed by atoms with Crippen LogP contribution in [-0.4, -0.2) is 17.4 Å².